The van der Waals surface area contributed by atoms with Crippen molar-refractivity contribution in [1.82, 2.24) is 10.3 Å². The van der Waals surface area contributed by atoms with E-state index in [1.807, 2.05) is 29.2 Å². The Morgan fingerprint density at radius 2 is 1.97 bits per heavy atom. The van der Waals surface area contributed by atoms with E-state index in [1.54, 1.807) is 49.5 Å². The number of carbonyl (C=O) groups is 1. The van der Waals surface area contributed by atoms with Crippen molar-refractivity contribution in [1.29, 1.82) is 0 Å². The summed E-state index contributed by atoms with van der Waals surface area (Å²) in [5.41, 5.74) is 2.84. The highest BCUT2D eigenvalue weighted by Crippen LogP contribution is 2.43. The highest BCUT2D eigenvalue weighted by atomic mass is 32.1. The summed E-state index contributed by atoms with van der Waals surface area (Å²) in [4.78, 5) is 17.8. The number of aryl methyl sites for hydroxylation is 1. The van der Waals surface area contributed by atoms with Gasteiger partial charge in [-0.2, -0.15) is 0 Å². The topological polar surface area (TPSA) is 78.6 Å². The average molecular weight is 474 g/mol. The molecule has 2 aromatic heterocycles. The number of thiocarbonyl (C=S) groups is 1. The van der Waals surface area contributed by atoms with E-state index in [-0.39, 0.29) is 17.4 Å². The van der Waals surface area contributed by atoms with E-state index in [2.05, 4.69) is 10.3 Å². The van der Waals surface area contributed by atoms with Crippen molar-refractivity contribution in [2.24, 2.45) is 0 Å². The van der Waals surface area contributed by atoms with Gasteiger partial charge in [-0.3, -0.25) is 4.98 Å². The van der Waals surface area contributed by atoms with Crippen LogP contribution >= 0.6 is 12.2 Å². The third-order valence-electron chi connectivity index (χ3n) is 5.83. The van der Waals surface area contributed by atoms with Gasteiger partial charge in [0.1, 0.15) is 23.4 Å². The van der Waals surface area contributed by atoms with Crippen molar-refractivity contribution < 1.29 is 18.7 Å². The summed E-state index contributed by atoms with van der Waals surface area (Å²) >= 11 is 5.69. The van der Waals surface area contributed by atoms with E-state index in [9.17, 15) is 14.3 Å². The van der Waals surface area contributed by atoms with E-state index in [1.165, 1.54) is 12.1 Å². The molecule has 2 unspecified atom stereocenters. The summed E-state index contributed by atoms with van der Waals surface area (Å²) in [6.07, 6.45) is 1.72. The van der Waals surface area contributed by atoms with Gasteiger partial charge in [0.2, 0.25) is 0 Å². The van der Waals surface area contributed by atoms with Crippen molar-refractivity contribution in [2.45, 2.75) is 19.0 Å². The van der Waals surface area contributed by atoms with E-state index in [0.717, 1.165) is 11.4 Å². The second kappa shape index (κ2) is 8.72. The zero-order valence-electron chi connectivity index (χ0n) is 18.1. The molecule has 0 amide bonds. The zero-order valence-corrected chi connectivity index (χ0v) is 18.9. The number of aromatic nitrogens is 1. The standard InChI is InChI=1S/C26H20FN3O3S/c1-15-13-18(8-9-19(15)27)30-24(23(29-26(30)34)20-7-2-3-12-28-20)22-11-10-21(33-22)16-5-4-6-17(14-16)25(31)32/h2-14,23-24H,1H3,(H,29,34)(H,31,32). The largest absolute Gasteiger partial charge is 0.478 e. The van der Waals surface area contributed by atoms with Crippen LogP contribution in [0.3, 0.4) is 0 Å². The SMILES string of the molecule is Cc1cc(N2C(=S)NC(c3ccccn3)C2c2ccc(-c3cccc(C(=O)O)c3)o2)ccc1F. The van der Waals surface area contributed by atoms with Crippen LogP contribution in [0.5, 0.6) is 0 Å². The maximum atomic E-state index is 14.0. The third-order valence-corrected chi connectivity index (χ3v) is 6.14. The molecular formula is C26H20FN3O3S. The van der Waals surface area contributed by atoms with Gasteiger partial charge in [-0.15, -0.1) is 0 Å². The first-order valence-electron chi connectivity index (χ1n) is 10.6. The Hall–Kier alpha value is -4.04. The third kappa shape index (κ3) is 3.92. The maximum Gasteiger partial charge on any atom is 0.335 e. The van der Waals surface area contributed by atoms with Gasteiger partial charge in [0.25, 0.3) is 0 Å². The second-order valence-electron chi connectivity index (χ2n) is 8.02. The molecule has 8 heteroatoms. The Kier molecular flexibility index (Phi) is 5.59. The van der Waals surface area contributed by atoms with Crippen LogP contribution in [-0.4, -0.2) is 21.2 Å². The molecule has 170 valence electrons. The number of nitrogens with one attached hydrogen (secondary N) is 1. The van der Waals surface area contributed by atoms with E-state index >= 15 is 0 Å². The van der Waals surface area contributed by atoms with Crippen LogP contribution < -0.4 is 10.2 Å². The van der Waals surface area contributed by atoms with Crippen LogP contribution in [0.1, 0.15) is 39.5 Å². The van der Waals surface area contributed by atoms with E-state index in [4.69, 9.17) is 16.6 Å². The fourth-order valence-corrected chi connectivity index (χ4v) is 4.52. The Labute approximate surface area is 200 Å². The lowest BCUT2D eigenvalue weighted by Gasteiger charge is -2.26. The quantitative estimate of drug-likeness (QED) is 0.362. The number of nitrogens with zero attached hydrogens (tertiary/aromatic N) is 2. The van der Waals surface area contributed by atoms with Gasteiger partial charge in [-0.1, -0.05) is 18.2 Å². The Morgan fingerprint density at radius 1 is 1.12 bits per heavy atom. The minimum Gasteiger partial charge on any atom is -0.478 e. The summed E-state index contributed by atoms with van der Waals surface area (Å²) in [5, 5.41) is 13.1. The number of pyridine rings is 1. The molecule has 4 aromatic rings. The van der Waals surface area contributed by atoms with Gasteiger partial charge in [0.15, 0.2) is 5.11 Å². The van der Waals surface area contributed by atoms with Crippen LogP contribution in [-0.2, 0) is 0 Å². The highest BCUT2D eigenvalue weighted by molar-refractivity contribution is 7.80. The van der Waals surface area contributed by atoms with Crippen molar-refractivity contribution in [3.8, 4) is 11.3 Å². The maximum absolute atomic E-state index is 14.0. The number of hydrogen-bond donors (Lipinski definition) is 2. The van der Waals surface area contributed by atoms with Gasteiger partial charge >= 0.3 is 5.97 Å². The molecule has 34 heavy (non-hydrogen) atoms. The molecule has 0 spiro atoms. The molecule has 5 rings (SSSR count). The summed E-state index contributed by atoms with van der Waals surface area (Å²) < 4.78 is 20.2. The van der Waals surface area contributed by atoms with Gasteiger partial charge < -0.3 is 19.7 Å². The minimum absolute atomic E-state index is 0.175. The average Bonchev–Trinajstić information content (AvgIpc) is 3.46. The molecule has 0 saturated carbocycles. The Morgan fingerprint density at radius 3 is 2.71 bits per heavy atom. The number of carboxylic acid groups (broad SMARTS) is 1. The van der Waals surface area contributed by atoms with Gasteiger partial charge in [-0.25, -0.2) is 9.18 Å². The first-order valence-corrected chi connectivity index (χ1v) is 11.0. The van der Waals surface area contributed by atoms with Gasteiger partial charge in [0.05, 0.1) is 17.3 Å². The number of anilines is 1. The lowest BCUT2D eigenvalue weighted by Crippen LogP contribution is -2.29. The molecule has 2 aromatic carbocycles. The molecule has 0 radical (unpaired) electrons. The molecule has 0 aliphatic carbocycles. The molecule has 1 fully saturated rings. The summed E-state index contributed by atoms with van der Waals surface area (Å²) in [6.45, 7) is 1.71. The van der Waals surface area contributed by atoms with Crippen molar-refractivity contribution >= 4 is 29.0 Å². The van der Waals surface area contributed by atoms with E-state index < -0.39 is 12.0 Å². The van der Waals surface area contributed by atoms with Crippen LogP contribution in [0.15, 0.2) is 83.4 Å². The molecule has 3 heterocycles. The van der Waals surface area contributed by atoms with Crippen LogP contribution in [0.4, 0.5) is 10.1 Å². The molecular weight excluding hydrogens is 453 g/mol. The molecule has 1 saturated heterocycles. The predicted octanol–water partition coefficient (Wildman–Crippen LogP) is 5.66. The smallest absolute Gasteiger partial charge is 0.335 e. The van der Waals surface area contributed by atoms with Crippen molar-refractivity contribution in [3.63, 3.8) is 0 Å². The lowest BCUT2D eigenvalue weighted by atomic mass is 10.0. The summed E-state index contributed by atoms with van der Waals surface area (Å²) in [7, 11) is 0. The molecule has 1 aliphatic rings. The minimum atomic E-state index is -1.01. The normalized spacial score (nSPS) is 17.6. The number of halogens is 1. The lowest BCUT2D eigenvalue weighted by molar-refractivity contribution is 0.0697. The fraction of sp³-hybridized carbons (Fsp3) is 0.115. The number of furan rings is 1. The van der Waals surface area contributed by atoms with E-state index in [0.29, 0.717) is 27.8 Å². The van der Waals surface area contributed by atoms with Crippen LogP contribution in [0.2, 0.25) is 0 Å². The predicted molar refractivity (Wildman–Crippen MR) is 130 cm³/mol. The monoisotopic (exact) mass is 473 g/mol. The number of hydrogen-bond acceptors (Lipinski definition) is 4. The van der Waals surface area contributed by atoms with Crippen molar-refractivity contribution in [3.05, 3.63) is 107 Å². The molecule has 0 bridgehead atoms. The second-order valence-corrected chi connectivity index (χ2v) is 8.40. The Bertz CT molecular complexity index is 1390. The number of aromatic carboxylic acids is 1. The first-order chi connectivity index (χ1) is 16.4. The van der Waals surface area contributed by atoms with Crippen molar-refractivity contribution in [2.75, 3.05) is 4.90 Å². The van der Waals surface area contributed by atoms with Gasteiger partial charge in [0, 0.05) is 17.4 Å². The Balaban J connectivity index is 1.60. The number of benzene rings is 2. The highest BCUT2D eigenvalue weighted by Gasteiger charge is 2.42. The summed E-state index contributed by atoms with van der Waals surface area (Å²) in [5.74, 6) is -0.156. The first kappa shape index (κ1) is 21.8. The number of carboxylic acids is 1. The summed E-state index contributed by atoms with van der Waals surface area (Å²) in [6, 6.07) is 20.0. The van der Waals surface area contributed by atoms with Crippen LogP contribution in [0.25, 0.3) is 11.3 Å². The van der Waals surface area contributed by atoms with Crippen LogP contribution in [0, 0.1) is 12.7 Å². The fourth-order valence-electron chi connectivity index (χ4n) is 4.17. The molecule has 1 aliphatic heterocycles. The zero-order chi connectivity index (χ0) is 23.8. The van der Waals surface area contributed by atoms with Gasteiger partial charge in [-0.05, 0) is 79.3 Å². The number of rotatable bonds is 5. The molecule has 6 nitrogen and oxygen atoms in total. The molecule has 2 N–H and O–H groups in total. The molecule has 2 atom stereocenters.